The molecule has 6 N–H and O–H groups in total. The van der Waals surface area contributed by atoms with Gasteiger partial charge in [-0.3, -0.25) is 16.1 Å². The van der Waals surface area contributed by atoms with E-state index in [0.717, 1.165) is 0 Å². The maximum atomic E-state index is 10.5. The summed E-state index contributed by atoms with van der Waals surface area (Å²) in [6, 6.07) is -0.616. The van der Waals surface area contributed by atoms with Gasteiger partial charge in [0.05, 0.1) is 0 Å². The molecule has 0 spiro atoms. The molecule has 1 atom stereocenters. The van der Waals surface area contributed by atoms with Gasteiger partial charge in [-0.1, -0.05) is 6.08 Å². The number of nitrogens with two attached hydrogens (primary N) is 2. The fourth-order valence-electron chi connectivity index (χ4n) is 0.341. The molecule has 0 aromatic carbocycles. The van der Waals surface area contributed by atoms with E-state index in [1.807, 2.05) is 5.43 Å². The average Bonchev–Trinajstić information content (AvgIpc) is 1.90. The molecule has 0 radical (unpaired) electrons. The van der Waals surface area contributed by atoms with Crippen molar-refractivity contribution in [1.82, 2.24) is 10.9 Å². The molecule has 0 rings (SSSR count). The Morgan fingerprint density at radius 3 is 2.33 bits per heavy atom. The Hall–Kier alpha value is -0.910. The van der Waals surface area contributed by atoms with Gasteiger partial charge in [0, 0.05) is 0 Å². The molecule has 0 aliphatic heterocycles. The lowest BCUT2D eigenvalue weighted by atomic mass is 10.3. The predicted molar refractivity (Wildman–Crippen MR) is 33.6 cm³/mol. The van der Waals surface area contributed by atoms with Crippen LogP contribution in [0, 0.1) is 0 Å². The molecule has 0 aliphatic rings. The lowest BCUT2D eigenvalue weighted by Crippen LogP contribution is -2.48. The van der Waals surface area contributed by atoms with E-state index in [4.69, 9.17) is 11.7 Å². The normalized spacial score (nSPS) is 12.2. The van der Waals surface area contributed by atoms with Gasteiger partial charge >= 0.3 is 0 Å². The molecular weight excluding hydrogens is 120 g/mol. The van der Waals surface area contributed by atoms with Crippen molar-refractivity contribution in [2.75, 3.05) is 0 Å². The van der Waals surface area contributed by atoms with Crippen LogP contribution in [0.5, 0.6) is 0 Å². The van der Waals surface area contributed by atoms with Crippen LogP contribution in [0.2, 0.25) is 0 Å². The monoisotopic (exact) mass is 130 g/mol. The maximum Gasteiger partial charge on any atom is 0.256 e. The minimum atomic E-state index is -0.616. The first kappa shape index (κ1) is 8.09. The van der Waals surface area contributed by atoms with Crippen LogP contribution < -0.4 is 22.5 Å². The second-order valence-corrected chi connectivity index (χ2v) is 1.39. The Kier molecular flexibility index (Phi) is 3.61. The molecular formula is C4H10N4O. The molecule has 9 heavy (non-hydrogen) atoms. The van der Waals surface area contributed by atoms with E-state index in [2.05, 4.69) is 12.0 Å². The van der Waals surface area contributed by atoms with Crippen LogP contribution in [0.4, 0.5) is 0 Å². The van der Waals surface area contributed by atoms with Gasteiger partial charge in [0.15, 0.2) is 0 Å². The van der Waals surface area contributed by atoms with Crippen LogP contribution in [0.15, 0.2) is 12.7 Å². The Balaban J connectivity index is 3.78. The van der Waals surface area contributed by atoms with Crippen LogP contribution in [-0.2, 0) is 4.79 Å². The van der Waals surface area contributed by atoms with Crippen molar-refractivity contribution >= 4 is 5.91 Å². The molecule has 0 saturated heterocycles. The summed E-state index contributed by atoms with van der Waals surface area (Å²) in [5.74, 6) is 9.29. The van der Waals surface area contributed by atoms with Crippen molar-refractivity contribution in [3.05, 3.63) is 12.7 Å². The van der Waals surface area contributed by atoms with Gasteiger partial charge in [-0.2, -0.15) is 0 Å². The molecule has 5 nitrogen and oxygen atoms in total. The Morgan fingerprint density at radius 2 is 2.22 bits per heavy atom. The highest BCUT2D eigenvalue weighted by Crippen LogP contribution is 1.78. The van der Waals surface area contributed by atoms with Gasteiger partial charge in [-0.05, 0) is 0 Å². The quantitative estimate of drug-likeness (QED) is 0.154. The number of hydrogen-bond acceptors (Lipinski definition) is 4. The van der Waals surface area contributed by atoms with Crippen LogP contribution in [0.25, 0.3) is 0 Å². The highest BCUT2D eigenvalue weighted by molar-refractivity contribution is 5.82. The van der Waals surface area contributed by atoms with Crippen molar-refractivity contribution in [3.8, 4) is 0 Å². The van der Waals surface area contributed by atoms with E-state index >= 15 is 0 Å². The summed E-state index contributed by atoms with van der Waals surface area (Å²) >= 11 is 0. The van der Waals surface area contributed by atoms with E-state index < -0.39 is 11.9 Å². The number of nitrogens with one attached hydrogen (secondary N) is 2. The van der Waals surface area contributed by atoms with Crippen LogP contribution in [0.3, 0.4) is 0 Å². The van der Waals surface area contributed by atoms with Crippen molar-refractivity contribution < 1.29 is 4.79 Å². The summed E-state index contributed by atoms with van der Waals surface area (Å²) in [6.07, 6.45) is 1.35. The number of carbonyl (C=O) groups excluding carboxylic acids is 1. The Labute approximate surface area is 53.0 Å². The second-order valence-electron chi connectivity index (χ2n) is 1.39. The minimum Gasteiger partial charge on any atom is -0.293 e. The molecule has 1 amide bonds. The van der Waals surface area contributed by atoms with E-state index in [9.17, 15) is 4.79 Å². The van der Waals surface area contributed by atoms with Crippen LogP contribution in [0.1, 0.15) is 0 Å². The third-order valence-corrected chi connectivity index (χ3v) is 0.840. The third-order valence-electron chi connectivity index (χ3n) is 0.840. The molecule has 5 heteroatoms. The first-order valence-electron chi connectivity index (χ1n) is 2.35. The molecule has 0 aromatic heterocycles. The highest BCUT2D eigenvalue weighted by atomic mass is 16.2. The Bertz CT molecular complexity index is 113. The zero-order valence-electron chi connectivity index (χ0n) is 4.92. The van der Waals surface area contributed by atoms with E-state index in [0.29, 0.717) is 0 Å². The number of rotatable bonds is 3. The molecule has 0 aliphatic carbocycles. The van der Waals surface area contributed by atoms with Gasteiger partial charge in [0.25, 0.3) is 5.91 Å². The first-order valence-corrected chi connectivity index (χ1v) is 2.35. The molecule has 0 fully saturated rings. The number of amides is 1. The first-order chi connectivity index (χ1) is 4.26. The highest BCUT2D eigenvalue weighted by Gasteiger charge is 2.08. The summed E-state index contributed by atoms with van der Waals surface area (Å²) in [5, 5.41) is 0. The van der Waals surface area contributed by atoms with Gasteiger partial charge in [-0.15, -0.1) is 6.58 Å². The van der Waals surface area contributed by atoms with Crippen LogP contribution >= 0.6 is 0 Å². The maximum absolute atomic E-state index is 10.5. The smallest absolute Gasteiger partial charge is 0.256 e. The van der Waals surface area contributed by atoms with Gasteiger partial charge < -0.3 is 0 Å². The van der Waals surface area contributed by atoms with Crippen molar-refractivity contribution in [3.63, 3.8) is 0 Å². The summed E-state index contributed by atoms with van der Waals surface area (Å²) in [5.41, 5.74) is 4.11. The van der Waals surface area contributed by atoms with Gasteiger partial charge in [0.2, 0.25) is 0 Å². The van der Waals surface area contributed by atoms with Gasteiger partial charge in [-0.25, -0.2) is 11.3 Å². The van der Waals surface area contributed by atoms with Crippen molar-refractivity contribution in [2.45, 2.75) is 6.04 Å². The topological polar surface area (TPSA) is 93.2 Å². The summed E-state index contributed by atoms with van der Waals surface area (Å²) < 4.78 is 0. The summed E-state index contributed by atoms with van der Waals surface area (Å²) in [4.78, 5) is 10.5. The van der Waals surface area contributed by atoms with E-state index in [-0.39, 0.29) is 0 Å². The van der Waals surface area contributed by atoms with Gasteiger partial charge in [0.1, 0.15) is 6.04 Å². The molecule has 0 aromatic rings. The minimum absolute atomic E-state index is 0.410. The lowest BCUT2D eigenvalue weighted by molar-refractivity contribution is -0.122. The van der Waals surface area contributed by atoms with E-state index in [1.54, 1.807) is 0 Å². The average molecular weight is 130 g/mol. The Morgan fingerprint density at radius 1 is 1.67 bits per heavy atom. The second kappa shape index (κ2) is 4.02. The molecule has 0 saturated carbocycles. The fourth-order valence-corrected chi connectivity index (χ4v) is 0.341. The lowest BCUT2D eigenvalue weighted by Gasteiger charge is -2.06. The third kappa shape index (κ3) is 2.22. The van der Waals surface area contributed by atoms with Crippen molar-refractivity contribution in [1.29, 1.82) is 0 Å². The largest absolute Gasteiger partial charge is 0.293 e. The molecule has 0 bridgehead atoms. The number of carbonyl (C=O) groups is 1. The summed E-state index contributed by atoms with van der Waals surface area (Å²) in [7, 11) is 0. The van der Waals surface area contributed by atoms with Crippen LogP contribution in [-0.4, -0.2) is 11.9 Å². The zero-order chi connectivity index (χ0) is 7.28. The standard InChI is InChI=1S/C4H10N4O/c1-2-3(7-5)4(9)8-6/h2-3,7H,1,5-6H2,(H,8,9). The summed E-state index contributed by atoms with van der Waals surface area (Å²) in [6.45, 7) is 3.34. The zero-order valence-corrected chi connectivity index (χ0v) is 4.92. The number of hydrazine groups is 2. The molecule has 0 heterocycles. The molecule has 52 valence electrons. The molecule has 1 unspecified atom stereocenters. The SMILES string of the molecule is C=CC(NN)C(=O)NN. The predicted octanol–water partition coefficient (Wildman–Crippen LogP) is -2.01. The fraction of sp³-hybridized carbons (Fsp3) is 0.250. The number of hydrogen-bond donors (Lipinski definition) is 4. The van der Waals surface area contributed by atoms with E-state index in [1.165, 1.54) is 6.08 Å². The van der Waals surface area contributed by atoms with Crippen molar-refractivity contribution in [2.24, 2.45) is 11.7 Å².